The average Bonchev–Trinajstić information content (AvgIpc) is 2.42. The Kier molecular flexibility index (Phi) is 10.1. The van der Waals surface area contributed by atoms with Gasteiger partial charge >= 0.3 is 5.97 Å². The van der Waals surface area contributed by atoms with Gasteiger partial charge in [-0.3, -0.25) is 4.79 Å². The molecule has 1 aromatic carbocycles. The van der Waals surface area contributed by atoms with E-state index in [0.717, 1.165) is 25.8 Å². The minimum atomic E-state index is -0.180. The zero-order valence-corrected chi connectivity index (χ0v) is 13.4. The molecule has 4 heteroatoms. The summed E-state index contributed by atoms with van der Waals surface area (Å²) in [5, 5.41) is 3.30. The molecule has 0 fully saturated rings. The van der Waals surface area contributed by atoms with Crippen molar-refractivity contribution in [2.75, 3.05) is 13.7 Å². The van der Waals surface area contributed by atoms with E-state index < -0.39 is 0 Å². The van der Waals surface area contributed by atoms with Gasteiger partial charge < -0.3 is 10.1 Å². The molecule has 0 saturated carbocycles. The van der Waals surface area contributed by atoms with Crippen LogP contribution in [-0.4, -0.2) is 25.7 Å². The van der Waals surface area contributed by atoms with Gasteiger partial charge in [0.25, 0.3) is 0 Å². The van der Waals surface area contributed by atoms with Crippen molar-refractivity contribution in [1.29, 1.82) is 0 Å². The van der Waals surface area contributed by atoms with Crippen molar-refractivity contribution >= 4 is 18.4 Å². The zero-order chi connectivity index (χ0) is 14.1. The molecule has 0 unspecified atom stereocenters. The molecule has 1 atom stereocenters. The van der Waals surface area contributed by atoms with E-state index in [1.54, 1.807) is 0 Å². The van der Waals surface area contributed by atoms with E-state index >= 15 is 0 Å². The standard InChI is InChI=1S/C16H25NO2.ClH/c1-13(2)12-15(16(18)19-3)17-11-7-10-14-8-5-4-6-9-14;/h4-6,8-9,13,15,17H,7,10-12H2,1-3H3;1H/t15-;/m0./s1. The molecule has 0 saturated heterocycles. The van der Waals surface area contributed by atoms with Crippen molar-refractivity contribution in [2.24, 2.45) is 5.92 Å². The van der Waals surface area contributed by atoms with Crippen molar-refractivity contribution < 1.29 is 9.53 Å². The van der Waals surface area contributed by atoms with E-state index in [2.05, 4.69) is 43.4 Å². The lowest BCUT2D eigenvalue weighted by Crippen LogP contribution is -2.39. The van der Waals surface area contributed by atoms with E-state index in [1.165, 1.54) is 12.7 Å². The number of rotatable bonds is 8. The first-order valence-corrected chi connectivity index (χ1v) is 6.98. The summed E-state index contributed by atoms with van der Waals surface area (Å²) in [6.45, 7) is 5.06. The number of benzene rings is 1. The Balaban J connectivity index is 0.00000361. The molecule has 0 aliphatic heterocycles. The van der Waals surface area contributed by atoms with Crippen LogP contribution < -0.4 is 5.32 Å². The number of methoxy groups -OCH3 is 1. The van der Waals surface area contributed by atoms with Crippen molar-refractivity contribution in [3.63, 3.8) is 0 Å². The van der Waals surface area contributed by atoms with E-state index in [1.807, 2.05) is 6.07 Å². The SMILES string of the molecule is COC(=O)[C@H](CC(C)C)NCCCc1ccccc1.Cl. The predicted molar refractivity (Wildman–Crippen MR) is 85.3 cm³/mol. The number of carbonyl (C=O) groups is 1. The zero-order valence-electron chi connectivity index (χ0n) is 12.6. The average molecular weight is 300 g/mol. The van der Waals surface area contributed by atoms with Gasteiger partial charge in [-0.05, 0) is 37.3 Å². The van der Waals surface area contributed by atoms with Gasteiger partial charge in [-0.1, -0.05) is 44.2 Å². The fraction of sp³-hybridized carbons (Fsp3) is 0.562. The summed E-state index contributed by atoms with van der Waals surface area (Å²) >= 11 is 0. The largest absolute Gasteiger partial charge is 0.468 e. The Morgan fingerprint density at radius 3 is 2.45 bits per heavy atom. The molecule has 1 rings (SSSR count). The first-order chi connectivity index (χ1) is 9.13. The van der Waals surface area contributed by atoms with Crippen LogP contribution >= 0.6 is 12.4 Å². The molecule has 0 spiro atoms. The minimum absolute atomic E-state index is 0. The molecule has 3 nitrogen and oxygen atoms in total. The third-order valence-electron chi connectivity index (χ3n) is 3.07. The Hall–Kier alpha value is -1.06. The monoisotopic (exact) mass is 299 g/mol. The smallest absolute Gasteiger partial charge is 0.322 e. The molecule has 0 heterocycles. The number of hydrogen-bond acceptors (Lipinski definition) is 3. The van der Waals surface area contributed by atoms with Crippen molar-refractivity contribution in [2.45, 2.75) is 39.2 Å². The highest BCUT2D eigenvalue weighted by Crippen LogP contribution is 2.07. The third kappa shape index (κ3) is 7.51. The number of carbonyl (C=O) groups excluding carboxylic acids is 1. The molecule has 0 aromatic heterocycles. The summed E-state index contributed by atoms with van der Waals surface area (Å²) < 4.78 is 4.83. The van der Waals surface area contributed by atoms with Crippen molar-refractivity contribution in [3.8, 4) is 0 Å². The van der Waals surface area contributed by atoms with Crippen LogP contribution in [0.25, 0.3) is 0 Å². The lowest BCUT2D eigenvalue weighted by Gasteiger charge is -2.18. The van der Waals surface area contributed by atoms with E-state index in [9.17, 15) is 4.79 Å². The third-order valence-corrected chi connectivity index (χ3v) is 3.07. The predicted octanol–water partition coefficient (Wildman–Crippen LogP) is 3.22. The van der Waals surface area contributed by atoms with Gasteiger partial charge in [-0.2, -0.15) is 0 Å². The Morgan fingerprint density at radius 1 is 1.25 bits per heavy atom. The highest BCUT2D eigenvalue weighted by Gasteiger charge is 2.19. The molecule has 0 aliphatic rings. The fourth-order valence-corrected chi connectivity index (χ4v) is 2.09. The second-order valence-corrected chi connectivity index (χ2v) is 5.25. The van der Waals surface area contributed by atoms with Crippen LogP contribution in [0.4, 0.5) is 0 Å². The topological polar surface area (TPSA) is 38.3 Å². The second kappa shape index (κ2) is 10.7. The van der Waals surface area contributed by atoms with Crippen molar-refractivity contribution in [1.82, 2.24) is 5.32 Å². The van der Waals surface area contributed by atoms with Crippen molar-refractivity contribution in [3.05, 3.63) is 35.9 Å². The van der Waals surface area contributed by atoms with Gasteiger partial charge in [0.05, 0.1) is 7.11 Å². The molecule has 20 heavy (non-hydrogen) atoms. The summed E-state index contributed by atoms with van der Waals surface area (Å²) in [6.07, 6.45) is 2.87. The van der Waals surface area contributed by atoms with Gasteiger partial charge in [-0.15, -0.1) is 12.4 Å². The summed E-state index contributed by atoms with van der Waals surface area (Å²) in [5.74, 6) is 0.319. The Labute approximate surface area is 128 Å². The second-order valence-electron chi connectivity index (χ2n) is 5.25. The van der Waals surface area contributed by atoms with Gasteiger partial charge in [0.2, 0.25) is 0 Å². The van der Waals surface area contributed by atoms with Gasteiger partial charge in [-0.25, -0.2) is 0 Å². The normalized spacial score (nSPS) is 11.8. The van der Waals surface area contributed by atoms with Crippen LogP contribution in [0.15, 0.2) is 30.3 Å². The van der Waals surface area contributed by atoms with Gasteiger partial charge in [0.1, 0.15) is 6.04 Å². The van der Waals surface area contributed by atoms with Crippen LogP contribution in [0.2, 0.25) is 0 Å². The van der Waals surface area contributed by atoms with Crippen LogP contribution in [0.5, 0.6) is 0 Å². The van der Waals surface area contributed by atoms with E-state index in [4.69, 9.17) is 4.74 Å². The van der Waals surface area contributed by atoms with Crippen LogP contribution in [-0.2, 0) is 16.0 Å². The molecule has 0 amide bonds. The summed E-state index contributed by atoms with van der Waals surface area (Å²) in [6, 6.07) is 10.2. The maximum absolute atomic E-state index is 11.6. The summed E-state index contributed by atoms with van der Waals surface area (Å²) in [7, 11) is 1.45. The molecular weight excluding hydrogens is 274 g/mol. The number of aryl methyl sites for hydroxylation is 1. The lowest BCUT2D eigenvalue weighted by molar-refractivity contribution is -0.143. The number of halogens is 1. The number of nitrogens with one attached hydrogen (secondary N) is 1. The molecule has 1 N–H and O–H groups in total. The molecule has 0 aliphatic carbocycles. The highest BCUT2D eigenvalue weighted by atomic mass is 35.5. The summed E-state index contributed by atoms with van der Waals surface area (Å²) in [4.78, 5) is 11.6. The highest BCUT2D eigenvalue weighted by molar-refractivity contribution is 5.85. The molecule has 1 aromatic rings. The summed E-state index contributed by atoms with van der Waals surface area (Å²) in [5.41, 5.74) is 1.34. The van der Waals surface area contributed by atoms with E-state index in [0.29, 0.717) is 5.92 Å². The van der Waals surface area contributed by atoms with Gasteiger partial charge in [0.15, 0.2) is 0 Å². The van der Waals surface area contributed by atoms with Gasteiger partial charge in [0, 0.05) is 0 Å². The molecule has 0 radical (unpaired) electrons. The van der Waals surface area contributed by atoms with Crippen LogP contribution in [0.3, 0.4) is 0 Å². The molecule has 114 valence electrons. The van der Waals surface area contributed by atoms with E-state index in [-0.39, 0.29) is 24.4 Å². The number of esters is 1. The molecule has 0 bridgehead atoms. The quantitative estimate of drug-likeness (QED) is 0.592. The first kappa shape index (κ1) is 18.9. The van der Waals surface area contributed by atoms with Crippen LogP contribution in [0, 0.1) is 5.92 Å². The number of hydrogen-bond donors (Lipinski definition) is 1. The Morgan fingerprint density at radius 2 is 1.90 bits per heavy atom. The Bertz CT molecular complexity index is 368. The lowest BCUT2D eigenvalue weighted by atomic mass is 10.0. The maximum Gasteiger partial charge on any atom is 0.322 e. The first-order valence-electron chi connectivity index (χ1n) is 6.98. The maximum atomic E-state index is 11.6. The fourth-order valence-electron chi connectivity index (χ4n) is 2.09. The minimum Gasteiger partial charge on any atom is -0.468 e. The molecular formula is C16H26ClNO2. The van der Waals surface area contributed by atoms with Crippen LogP contribution in [0.1, 0.15) is 32.3 Å². The number of ether oxygens (including phenoxy) is 1.